The number of halogens is 1. The fourth-order valence-corrected chi connectivity index (χ4v) is 3.23. The highest BCUT2D eigenvalue weighted by atomic mass is 35.5. The molecule has 132 valence electrons. The van der Waals surface area contributed by atoms with Crippen LogP contribution in [0.1, 0.15) is 18.4 Å². The first-order chi connectivity index (χ1) is 12.2. The molecule has 25 heavy (non-hydrogen) atoms. The van der Waals surface area contributed by atoms with Gasteiger partial charge in [-0.25, -0.2) is 4.98 Å². The molecule has 5 nitrogen and oxygen atoms in total. The van der Waals surface area contributed by atoms with E-state index in [4.69, 9.17) is 17.3 Å². The number of rotatable bonds is 5. The molecule has 3 N–H and O–H groups in total. The van der Waals surface area contributed by atoms with Gasteiger partial charge in [0.1, 0.15) is 5.82 Å². The van der Waals surface area contributed by atoms with Crippen molar-refractivity contribution < 1.29 is 0 Å². The van der Waals surface area contributed by atoms with Gasteiger partial charge >= 0.3 is 0 Å². The number of guanidine groups is 1. The maximum Gasteiger partial charge on any atom is 0.194 e. The van der Waals surface area contributed by atoms with E-state index in [0.29, 0.717) is 11.9 Å². The highest BCUT2D eigenvalue weighted by Gasteiger charge is 2.19. The van der Waals surface area contributed by atoms with Crippen LogP contribution in [0.5, 0.6) is 0 Å². The Hall–Kier alpha value is -2.11. The number of piperidine rings is 1. The van der Waals surface area contributed by atoms with E-state index in [2.05, 4.69) is 26.3 Å². The Balaban J connectivity index is 1.43. The van der Waals surface area contributed by atoms with Gasteiger partial charge in [-0.05, 0) is 55.6 Å². The highest BCUT2D eigenvalue weighted by Crippen LogP contribution is 2.22. The molecule has 0 atom stereocenters. The van der Waals surface area contributed by atoms with Crippen molar-refractivity contribution in [2.75, 3.05) is 25.0 Å². The molecule has 0 aliphatic carbocycles. The van der Waals surface area contributed by atoms with Gasteiger partial charge in [-0.15, -0.1) is 0 Å². The average Bonchev–Trinajstić information content (AvgIpc) is 2.64. The molecule has 6 heteroatoms. The number of anilines is 1. The molecule has 2 heterocycles. The van der Waals surface area contributed by atoms with Gasteiger partial charge in [0.25, 0.3) is 0 Å². The van der Waals surface area contributed by atoms with Crippen molar-refractivity contribution in [1.29, 1.82) is 0 Å². The molecule has 0 unspecified atom stereocenters. The smallest absolute Gasteiger partial charge is 0.194 e. The lowest BCUT2D eigenvalue weighted by Crippen LogP contribution is -2.34. The van der Waals surface area contributed by atoms with Crippen molar-refractivity contribution >= 4 is 23.4 Å². The maximum atomic E-state index is 6.25. The first-order valence-corrected chi connectivity index (χ1v) is 9.02. The van der Waals surface area contributed by atoms with Crippen molar-refractivity contribution in [2.45, 2.75) is 19.4 Å². The molecule has 1 aliphatic heterocycles. The zero-order chi connectivity index (χ0) is 17.5. The van der Waals surface area contributed by atoms with E-state index < -0.39 is 0 Å². The Labute approximate surface area is 153 Å². The zero-order valence-electron chi connectivity index (χ0n) is 14.2. The summed E-state index contributed by atoms with van der Waals surface area (Å²) in [6.45, 7) is 3.81. The number of hydrogen-bond acceptors (Lipinski definition) is 3. The summed E-state index contributed by atoms with van der Waals surface area (Å²) in [7, 11) is 0. The molecule has 3 rings (SSSR count). The topological polar surface area (TPSA) is 66.5 Å². The summed E-state index contributed by atoms with van der Waals surface area (Å²) >= 11 is 6.25. The van der Waals surface area contributed by atoms with Crippen LogP contribution in [0.2, 0.25) is 5.02 Å². The van der Waals surface area contributed by atoms with Gasteiger partial charge in [-0.3, -0.25) is 9.89 Å². The van der Waals surface area contributed by atoms with Gasteiger partial charge in [0, 0.05) is 24.3 Å². The quantitative estimate of drug-likeness (QED) is 0.636. The first kappa shape index (κ1) is 17.7. The molecule has 1 fully saturated rings. The minimum absolute atomic E-state index is 0.428. The first-order valence-electron chi connectivity index (χ1n) is 8.64. The predicted octanol–water partition coefficient (Wildman–Crippen LogP) is 3.37. The van der Waals surface area contributed by atoms with Crippen molar-refractivity contribution in [2.24, 2.45) is 16.6 Å². The number of pyridine rings is 1. The van der Waals surface area contributed by atoms with Crippen LogP contribution < -0.4 is 11.1 Å². The van der Waals surface area contributed by atoms with Gasteiger partial charge in [0.05, 0.1) is 0 Å². The second kappa shape index (κ2) is 8.83. The third-order valence-electron chi connectivity index (χ3n) is 4.50. The Morgan fingerprint density at radius 3 is 2.68 bits per heavy atom. The highest BCUT2D eigenvalue weighted by molar-refractivity contribution is 6.31. The third-order valence-corrected chi connectivity index (χ3v) is 4.87. The van der Waals surface area contributed by atoms with E-state index in [0.717, 1.165) is 49.9 Å². The monoisotopic (exact) mass is 357 g/mol. The van der Waals surface area contributed by atoms with Crippen LogP contribution in [-0.4, -0.2) is 35.5 Å². The van der Waals surface area contributed by atoms with E-state index in [-0.39, 0.29) is 0 Å². The molecule has 0 bridgehead atoms. The summed E-state index contributed by atoms with van der Waals surface area (Å²) < 4.78 is 0. The summed E-state index contributed by atoms with van der Waals surface area (Å²) in [6, 6.07) is 13.7. The number of likely N-dealkylation sites (tertiary alicyclic amines) is 1. The maximum absolute atomic E-state index is 6.25. The fraction of sp³-hybridized carbons (Fsp3) is 0.368. The lowest BCUT2D eigenvalue weighted by Gasteiger charge is -2.31. The van der Waals surface area contributed by atoms with Crippen molar-refractivity contribution in [3.05, 3.63) is 59.2 Å². The Morgan fingerprint density at radius 2 is 1.96 bits per heavy atom. The Morgan fingerprint density at radius 1 is 1.20 bits per heavy atom. The number of benzene rings is 1. The molecule has 1 aliphatic rings. The summed E-state index contributed by atoms with van der Waals surface area (Å²) in [6.07, 6.45) is 3.99. The summed E-state index contributed by atoms with van der Waals surface area (Å²) in [4.78, 5) is 11.1. The molecule has 0 amide bonds. The lowest BCUT2D eigenvalue weighted by atomic mass is 9.96. The normalized spacial score (nSPS) is 16.8. The third kappa shape index (κ3) is 5.44. The minimum atomic E-state index is 0.428. The van der Waals surface area contributed by atoms with Crippen molar-refractivity contribution in [1.82, 2.24) is 9.88 Å². The van der Waals surface area contributed by atoms with Gasteiger partial charge in [0.15, 0.2) is 5.96 Å². The van der Waals surface area contributed by atoms with Gasteiger partial charge < -0.3 is 11.1 Å². The second-order valence-corrected chi connectivity index (χ2v) is 6.78. The molecular formula is C19H24ClN5. The molecule has 1 saturated heterocycles. The Bertz CT molecular complexity index is 696. The van der Waals surface area contributed by atoms with Crippen LogP contribution in [0.4, 0.5) is 5.82 Å². The fourth-order valence-electron chi connectivity index (χ4n) is 3.03. The van der Waals surface area contributed by atoms with Crippen LogP contribution >= 0.6 is 11.6 Å². The zero-order valence-corrected chi connectivity index (χ0v) is 15.0. The van der Waals surface area contributed by atoms with E-state index in [1.165, 1.54) is 5.56 Å². The van der Waals surface area contributed by atoms with Crippen LogP contribution in [-0.2, 0) is 6.54 Å². The number of nitrogens with one attached hydrogen (secondary N) is 1. The van der Waals surface area contributed by atoms with E-state index >= 15 is 0 Å². The minimum Gasteiger partial charge on any atom is -0.370 e. The van der Waals surface area contributed by atoms with Gasteiger partial charge in [-0.2, -0.15) is 0 Å². The average molecular weight is 358 g/mol. The largest absolute Gasteiger partial charge is 0.370 e. The number of hydrogen-bond donors (Lipinski definition) is 2. The van der Waals surface area contributed by atoms with E-state index in [1.807, 2.05) is 36.4 Å². The van der Waals surface area contributed by atoms with Crippen LogP contribution in [0, 0.1) is 5.92 Å². The molecule has 0 radical (unpaired) electrons. The van der Waals surface area contributed by atoms with Crippen molar-refractivity contribution in [3.8, 4) is 0 Å². The molecular weight excluding hydrogens is 334 g/mol. The van der Waals surface area contributed by atoms with Gasteiger partial charge in [0.2, 0.25) is 0 Å². The van der Waals surface area contributed by atoms with Crippen LogP contribution in [0.25, 0.3) is 0 Å². The van der Waals surface area contributed by atoms with Crippen LogP contribution in [0.15, 0.2) is 53.7 Å². The number of aromatic nitrogens is 1. The lowest BCUT2D eigenvalue weighted by molar-refractivity contribution is 0.180. The summed E-state index contributed by atoms with van der Waals surface area (Å²) in [5.74, 6) is 1.72. The van der Waals surface area contributed by atoms with Gasteiger partial charge in [-0.1, -0.05) is 35.9 Å². The number of nitrogens with two attached hydrogens (primary N) is 1. The number of nitrogens with zero attached hydrogens (tertiary/aromatic N) is 3. The molecule has 0 spiro atoms. The number of aliphatic imine (C=N–C) groups is 1. The molecule has 1 aromatic carbocycles. The SMILES string of the molecule is NC(=NCC1CCN(Cc2ccccc2Cl)CC1)Nc1ccccn1. The van der Waals surface area contributed by atoms with E-state index in [9.17, 15) is 0 Å². The molecule has 0 saturated carbocycles. The summed E-state index contributed by atoms with van der Waals surface area (Å²) in [5, 5.41) is 3.87. The van der Waals surface area contributed by atoms with Crippen molar-refractivity contribution in [3.63, 3.8) is 0 Å². The van der Waals surface area contributed by atoms with E-state index in [1.54, 1.807) is 6.20 Å². The van der Waals surface area contributed by atoms with Crippen LogP contribution in [0.3, 0.4) is 0 Å². The molecule has 2 aromatic rings. The predicted molar refractivity (Wildman–Crippen MR) is 104 cm³/mol. The second-order valence-electron chi connectivity index (χ2n) is 6.38. The molecule has 1 aromatic heterocycles. The Kier molecular flexibility index (Phi) is 6.25. The standard InChI is InChI=1S/C19H24ClN5/c20-17-6-2-1-5-16(17)14-25-11-8-15(9-12-25)13-23-19(21)24-18-7-3-4-10-22-18/h1-7,10,15H,8-9,11-14H2,(H3,21,22,23,24). The summed E-state index contributed by atoms with van der Waals surface area (Å²) in [5.41, 5.74) is 7.14.